The summed E-state index contributed by atoms with van der Waals surface area (Å²) in [5.74, 6) is -0.904. The lowest BCUT2D eigenvalue weighted by atomic mass is 10.3. The molecule has 0 saturated carbocycles. The fourth-order valence-corrected chi connectivity index (χ4v) is 2.87. The van der Waals surface area contributed by atoms with Crippen LogP contribution in [0.3, 0.4) is 0 Å². The van der Waals surface area contributed by atoms with Crippen molar-refractivity contribution in [3.8, 4) is 0 Å². The number of thiophene rings is 1. The van der Waals surface area contributed by atoms with Crippen LogP contribution in [0.25, 0.3) is 0 Å². The Labute approximate surface area is 112 Å². The number of carboxylic acid groups (broad SMARTS) is 1. The number of hydrogen-bond acceptors (Lipinski definition) is 3. The van der Waals surface area contributed by atoms with Crippen molar-refractivity contribution < 1.29 is 14.7 Å². The Morgan fingerprint density at radius 3 is 2.65 bits per heavy atom. The molecule has 0 aliphatic carbocycles. The third kappa shape index (κ3) is 4.87. The molecule has 0 unspecified atom stereocenters. The third-order valence-electron chi connectivity index (χ3n) is 2.28. The van der Waals surface area contributed by atoms with Gasteiger partial charge in [-0.1, -0.05) is 0 Å². The van der Waals surface area contributed by atoms with Gasteiger partial charge in [0, 0.05) is 18.0 Å². The summed E-state index contributed by atoms with van der Waals surface area (Å²) < 4.78 is 0.994. The maximum Gasteiger partial charge on any atom is 0.305 e. The predicted molar refractivity (Wildman–Crippen MR) is 70.2 cm³/mol. The molecule has 1 rings (SSSR count). The van der Waals surface area contributed by atoms with Gasteiger partial charge < -0.3 is 10.0 Å². The van der Waals surface area contributed by atoms with Crippen LogP contribution >= 0.6 is 27.3 Å². The summed E-state index contributed by atoms with van der Waals surface area (Å²) >= 11 is 4.86. The van der Waals surface area contributed by atoms with E-state index >= 15 is 0 Å². The molecule has 0 aliphatic heterocycles. The first kappa shape index (κ1) is 14.2. The second-order valence-corrected chi connectivity index (χ2v) is 6.05. The largest absolute Gasteiger partial charge is 0.481 e. The summed E-state index contributed by atoms with van der Waals surface area (Å²) in [5, 5.41) is 8.59. The number of hydrogen-bond donors (Lipinski definition) is 1. The summed E-state index contributed by atoms with van der Waals surface area (Å²) in [5.41, 5.74) is 0. The second kappa shape index (κ2) is 6.76. The Morgan fingerprint density at radius 1 is 1.47 bits per heavy atom. The van der Waals surface area contributed by atoms with Gasteiger partial charge in [-0.25, -0.2) is 0 Å². The van der Waals surface area contributed by atoms with Crippen LogP contribution in [0.15, 0.2) is 15.9 Å². The molecule has 4 nitrogen and oxygen atoms in total. The molecule has 0 atom stereocenters. The standard InChI is InChI=1S/C11H14BrNO3S/c1-2-13(6-5-11(15)16)10(14)7-8-3-4-9(12)17-8/h3-4H,2,5-7H2,1H3,(H,15,16). The molecule has 0 aliphatic rings. The zero-order chi connectivity index (χ0) is 12.8. The fourth-order valence-electron chi connectivity index (χ4n) is 1.40. The third-order valence-corrected chi connectivity index (χ3v) is 3.91. The lowest BCUT2D eigenvalue weighted by Gasteiger charge is -2.19. The van der Waals surface area contributed by atoms with Crippen LogP contribution in [0.4, 0.5) is 0 Å². The average molecular weight is 320 g/mol. The van der Waals surface area contributed by atoms with Crippen LogP contribution in [0, 0.1) is 0 Å². The summed E-state index contributed by atoms with van der Waals surface area (Å²) in [4.78, 5) is 24.9. The van der Waals surface area contributed by atoms with Crippen molar-refractivity contribution >= 4 is 39.1 Å². The van der Waals surface area contributed by atoms with Gasteiger partial charge in [0.2, 0.25) is 5.91 Å². The highest BCUT2D eigenvalue weighted by atomic mass is 79.9. The zero-order valence-corrected chi connectivity index (χ0v) is 11.9. The SMILES string of the molecule is CCN(CCC(=O)O)C(=O)Cc1ccc(Br)s1. The molecule has 0 saturated heterocycles. The number of carbonyl (C=O) groups is 2. The highest BCUT2D eigenvalue weighted by Gasteiger charge is 2.14. The predicted octanol–water partition coefficient (Wildman–Crippen LogP) is 2.38. The van der Waals surface area contributed by atoms with Gasteiger partial charge in [-0.3, -0.25) is 9.59 Å². The Kier molecular flexibility index (Phi) is 5.64. The van der Waals surface area contributed by atoms with E-state index in [-0.39, 0.29) is 18.9 Å². The molecular formula is C11H14BrNO3S. The minimum atomic E-state index is -0.880. The Balaban J connectivity index is 2.51. The highest BCUT2D eigenvalue weighted by molar-refractivity contribution is 9.11. The minimum absolute atomic E-state index is 0.00624. The zero-order valence-electron chi connectivity index (χ0n) is 9.48. The molecule has 1 amide bonds. The lowest BCUT2D eigenvalue weighted by molar-refractivity contribution is -0.138. The van der Waals surface area contributed by atoms with Gasteiger partial charge in [0.1, 0.15) is 0 Å². The molecule has 0 radical (unpaired) electrons. The summed E-state index contributed by atoms with van der Waals surface area (Å²) in [6.45, 7) is 2.67. The molecule has 0 spiro atoms. The first-order valence-corrected chi connectivity index (χ1v) is 6.87. The molecular weight excluding hydrogens is 306 g/mol. The Bertz CT molecular complexity index is 405. The molecule has 0 fully saturated rings. The van der Waals surface area contributed by atoms with Gasteiger partial charge in [0.15, 0.2) is 0 Å². The molecule has 0 aromatic carbocycles. The van der Waals surface area contributed by atoms with E-state index in [4.69, 9.17) is 5.11 Å². The van der Waals surface area contributed by atoms with Gasteiger partial charge in [0.05, 0.1) is 16.6 Å². The second-order valence-electron chi connectivity index (χ2n) is 3.50. The highest BCUT2D eigenvalue weighted by Crippen LogP contribution is 2.22. The molecule has 94 valence electrons. The van der Waals surface area contributed by atoms with E-state index in [0.29, 0.717) is 13.0 Å². The number of amides is 1. The Hall–Kier alpha value is -0.880. The van der Waals surface area contributed by atoms with Crippen molar-refractivity contribution in [2.75, 3.05) is 13.1 Å². The maximum atomic E-state index is 11.9. The van der Waals surface area contributed by atoms with Crippen LogP contribution in [-0.4, -0.2) is 35.0 Å². The molecule has 17 heavy (non-hydrogen) atoms. The fraction of sp³-hybridized carbons (Fsp3) is 0.455. The van der Waals surface area contributed by atoms with E-state index in [1.165, 1.54) is 11.3 Å². The van der Waals surface area contributed by atoms with Crippen LogP contribution in [-0.2, 0) is 16.0 Å². The molecule has 0 bridgehead atoms. The number of nitrogens with zero attached hydrogens (tertiary/aromatic N) is 1. The van der Waals surface area contributed by atoms with Crippen molar-refractivity contribution in [1.29, 1.82) is 0 Å². The average Bonchev–Trinajstić information content (AvgIpc) is 2.64. The van der Waals surface area contributed by atoms with Crippen LogP contribution in [0.5, 0.6) is 0 Å². The normalized spacial score (nSPS) is 10.2. The van der Waals surface area contributed by atoms with Crippen molar-refractivity contribution in [2.45, 2.75) is 19.8 Å². The molecule has 6 heteroatoms. The quantitative estimate of drug-likeness (QED) is 0.875. The number of carbonyl (C=O) groups excluding carboxylic acids is 1. The number of carboxylic acids is 1. The smallest absolute Gasteiger partial charge is 0.305 e. The van der Waals surface area contributed by atoms with Crippen LogP contribution in [0.1, 0.15) is 18.2 Å². The molecule has 1 N–H and O–H groups in total. The van der Waals surface area contributed by atoms with Crippen molar-refractivity contribution in [1.82, 2.24) is 4.90 Å². The summed E-state index contributed by atoms with van der Waals surface area (Å²) in [6, 6.07) is 3.80. The maximum absolute atomic E-state index is 11.9. The number of aliphatic carboxylic acids is 1. The van der Waals surface area contributed by atoms with Gasteiger partial charge in [0.25, 0.3) is 0 Å². The summed E-state index contributed by atoms with van der Waals surface area (Å²) in [7, 11) is 0. The minimum Gasteiger partial charge on any atom is -0.481 e. The Morgan fingerprint density at radius 2 is 2.18 bits per heavy atom. The van der Waals surface area contributed by atoms with Crippen LogP contribution < -0.4 is 0 Å². The number of likely N-dealkylation sites (N-methyl/N-ethyl adjacent to an activating group) is 1. The number of halogens is 1. The summed E-state index contributed by atoms with van der Waals surface area (Å²) in [6.07, 6.45) is 0.331. The van der Waals surface area contributed by atoms with Crippen LogP contribution in [0.2, 0.25) is 0 Å². The van der Waals surface area contributed by atoms with E-state index < -0.39 is 5.97 Å². The van der Waals surface area contributed by atoms with Crippen molar-refractivity contribution in [3.63, 3.8) is 0 Å². The molecule has 1 heterocycles. The van der Waals surface area contributed by atoms with E-state index in [9.17, 15) is 9.59 Å². The van der Waals surface area contributed by atoms with E-state index in [2.05, 4.69) is 15.9 Å². The monoisotopic (exact) mass is 319 g/mol. The first-order valence-electron chi connectivity index (χ1n) is 5.26. The van der Waals surface area contributed by atoms with E-state index in [0.717, 1.165) is 8.66 Å². The van der Waals surface area contributed by atoms with Crippen molar-refractivity contribution in [3.05, 3.63) is 20.8 Å². The first-order chi connectivity index (χ1) is 8.02. The van der Waals surface area contributed by atoms with Gasteiger partial charge in [-0.05, 0) is 35.0 Å². The van der Waals surface area contributed by atoms with E-state index in [1.54, 1.807) is 4.90 Å². The van der Waals surface area contributed by atoms with E-state index in [1.807, 2.05) is 19.1 Å². The van der Waals surface area contributed by atoms with Gasteiger partial charge >= 0.3 is 5.97 Å². The van der Waals surface area contributed by atoms with Crippen molar-refractivity contribution in [2.24, 2.45) is 0 Å². The van der Waals surface area contributed by atoms with Gasteiger partial charge in [-0.15, -0.1) is 11.3 Å². The number of rotatable bonds is 6. The topological polar surface area (TPSA) is 57.6 Å². The molecule has 1 aromatic heterocycles. The lowest BCUT2D eigenvalue weighted by Crippen LogP contribution is -2.33. The molecule has 1 aromatic rings. The van der Waals surface area contributed by atoms with Gasteiger partial charge in [-0.2, -0.15) is 0 Å².